The average Bonchev–Trinajstić information content (AvgIpc) is 3.25. The smallest absolute Gasteiger partial charge is 0.294 e. The van der Waals surface area contributed by atoms with Crippen molar-refractivity contribution >= 4 is 22.6 Å². The van der Waals surface area contributed by atoms with E-state index >= 15 is 0 Å². The second kappa shape index (κ2) is 5.42. The molecule has 6 heteroatoms. The van der Waals surface area contributed by atoms with Gasteiger partial charge in [-0.2, -0.15) is 0 Å². The van der Waals surface area contributed by atoms with Crippen LogP contribution in [0.2, 0.25) is 0 Å². The first-order chi connectivity index (χ1) is 11.3. The maximum absolute atomic E-state index is 11.9. The van der Waals surface area contributed by atoms with Crippen LogP contribution >= 0.6 is 0 Å². The molecule has 0 aliphatic rings. The minimum Gasteiger partial charge on any atom is -0.351 e. The number of benzene rings is 2. The van der Waals surface area contributed by atoms with Crippen molar-refractivity contribution < 1.29 is 9.32 Å². The molecular formula is C17H12N4O2. The minimum absolute atomic E-state index is 0.173. The Morgan fingerprint density at radius 2 is 1.87 bits per heavy atom. The zero-order chi connectivity index (χ0) is 15.6. The Balaban J connectivity index is 1.57. The van der Waals surface area contributed by atoms with Gasteiger partial charge in [-0.25, -0.2) is 4.98 Å². The maximum Gasteiger partial charge on any atom is 0.294 e. The van der Waals surface area contributed by atoms with Crippen LogP contribution in [0.1, 0.15) is 10.6 Å². The van der Waals surface area contributed by atoms with Crippen molar-refractivity contribution in [3.8, 4) is 11.4 Å². The van der Waals surface area contributed by atoms with Crippen LogP contribution in [0, 0.1) is 0 Å². The van der Waals surface area contributed by atoms with Crippen molar-refractivity contribution in [3.63, 3.8) is 0 Å². The van der Waals surface area contributed by atoms with E-state index < -0.39 is 0 Å². The van der Waals surface area contributed by atoms with Gasteiger partial charge in [0, 0.05) is 17.3 Å². The highest BCUT2D eigenvalue weighted by Crippen LogP contribution is 2.22. The number of hydrogen-bond donors (Lipinski definition) is 2. The topological polar surface area (TPSA) is 83.8 Å². The van der Waals surface area contributed by atoms with Crippen molar-refractivity contribution in [1.29, 1.82) is 0 Å². The van der Waals surface area contributed by atoms with Crippen molar-refractivity contribution in [2.75, 3.05) is 5.32 Å². The van der Waals surface area contributed by atoms with Crippen LogP contribution < -0.4 is 5.32 Å². The van der Waals surface area contributed by atoms with E-state index in [2.05, 4.69) is 20.4 Å². The van der Waals surface area contributed by atoms with Crippen LogP contribution in [0.4, 0.5) is 5.69 Å². The summed E-state index contributed by atoms with van der Waals surface area (Å²) in [5.74, 6) is 0.629. The summed E-state index contributed by atoms with van der Waals surface area (Å²) in [5.41, 5.74) is 3.53. The molecule has 0 saturated carbocycles. The van der Waals surface area contributed by atoms with Gasteiger partial charge in [0.25, 0.3) is 5.91 Å². The van der Waals surface area contributed by atoms with Crippen molar-refractivity contribution in [2.45, 2.75) is 0 Å². The predicted octanol–water partition coefficient (Wildman–Crippen LogP) is 3.47. The van der Waals surface area contributed by atoms with E-state index in [1.165, 1.54) is 12.3 Å². The summed E-state index contributed by atoms with van der Waals surface area (Å²) in [5, 5.41) is 6.26. The number of nitrogens with zero attached hydrogens (tertiary/aromatic N) is 2. The predicted molar refractivity (Wildman–Crippen MR) is 86.0 cm³/mol. The summed E-state index contributed by atoms with van der Waals surface area (Å²) in [4.78, 5) is 19.7. The molecule has 2 aromatic carbocycles. The second-order valence-electron chi connectivity index (χ2n) is 5.01. The third-order valence-electron chi connectivity index (χ3n) is 3.47. The summed E-state index contributed by atoms with van der Waals surface area (Å²) in [6.45, 7) is 0. The monoisotopic (exact) mass is 304 g/mol. The third kappa shape index (κ3) is 2.57. The first kappa shape index (κ1) is 13.3. The Hall–Kier alpha value is -3.41. The quantitative estimate of drug-likeness (QED) is 0.607. The molecule has 0 fully saturated rings. The summed E-state index contributed by atoms with van der Waals surface area (Å²) in [6, 6.07) is 16.8. The first-order valence-corrected chi connectivity index (χ1v) is 7.07. The maximum atomic E-state index is 11.9. The van der Waals surface area contributed by atoms with E-state index in [1.807, 2.05) is 48.5 Å². The van der Waals surface area contributed by atoms with E-state index in [1.54, 1.807) is 0 Å². The number of carbonyl (C=O) groups excluding carboxylic acids is 1. The van der Waals surface area contributed by atoms with E-state index in [9.17, 15) is 4.79 Å². The fourth-order valence-electron chi connectivity index (χ4n) is 2.33. The number of nitrogens with one attached hydrogen (secondary N) is 2. The molecule has 4 rings (SSSR count). The fourth-order valence-corrected chi connectivity index (χ4v) is 2.33. The van der Waals surface area contributed by atoms with E-state index in [4.69, 9.17) is 4.52 Å². The summed E-state index contributed by atoms with van der Waals surface area (Å²) < 4.78 is 4.82. The minimum atomic E-state index is -0.334. The number of hydrogen-bond acceptors (Lipinski definition) is 4. The molecule has 0 radical (unpaired) electrons. The SMILES string of the molecule is O=C(Nc1ccc(-c2nc3ccccc3[nH]2)cc1)c1ccno1. The molecule has 1 amide bonds. The standard InChI is InChI=1S/C17H12N4O2/c22-17(15-9-10-18-23-15)19-12-7-5-11(6-8-12)16-20-13-3-1-2-4-14(13)21-16/h1-10H,(H,19,22)(H,20,21). The molecule has 2 heterocycles. The van der Waals surface area contributed by atoms with Gasteiger partial charge in [-0.1, -0.05) is 17.3 Å². The number of rotatable bonds is 3. The normalized spacial score (nSPS) is 10.8. The van der Waals surface area contributed by atoms with Gasteiger partial charge in [-0.15, -0.1) is 0 Å². The summed E-state index contributed by atoms with van der Waals surface area (Å²) in [6.07, 6.45) is 1.43. The fraction of sp³-hybridized carbons (Fsp3) is 0. The van der Waals surface area contributed by atoms with Gasteiger partial charge in [-0.05, 0) is 36.4 Å². The Morgan fingerprint density at radius 3 is 2.61 bits per heavy atom. The largest absolute Gasteiger partial charge is 0.351 e. The first-order valence-electron chi connectivity index (χ1n) is 7.07. The Labute approximate surface area is 131 Å². The van der Waals surface area contributed by atoms with Crippen LogP contribution in [0.3, 0.4) is 0 Å². The van der Waals surface area contributed by atoms with Gasteiger partial charge in [0.1, 0.15) is 5.82 Å². The number of carbonyl (C=O) groups is 1. The highest BCUT2D eigenvalue weighted by molar-refractivity contribution is 6.02. The molecule has 2 N–H and O–H groups in total. The number of aromatic nitrogens is 3. The lowest BCUT2D eigenvalue weighted by Gasteiger charge is -2.03. The number of anilines is 1. The van der Waals surface area contributed by atoms with Crippen LogP contribution in [-0.4, -0.2) is 21.0 Å². The molecule has 0 aliphatic carbocycles. The van der Waals surface area contributed by atoms with Crippen LogP contribution in [0.5, 0.6) is 0 Å². The van der Waals surface area contributed by atoms with Gasteiger partial charge in [0.15, 0.2) is 0 Å². The third-order valence-corrected chi connectivity index (χ3v) is 3.47. The van der Waals surface area contributed by atoms with E-state index in [0.29, 0.717) is 5.69 Å². The van der Waals surface area contributed by atoms with Crippen LogP contribution in [0.15, 0.2) is 65.3 Å². The lowest BCUT2D eigenvalue weighted by Crippen LogP contribution is -2.10. The number of aromatic amines is 1. The summed E-state index contributed by atoms with van der Waals surface area (Å²) in [7, 11) is 0. The summed E-state index contributed by atoms with van der Waals surface area (Å²) >= 11 is 0. The van der Waals surface area contributed by atoms with Crippen molar-refractivity contribution in [3.05, 3.63) is 66.6 Å². The van der Waals surface area contributed by atoms with Crippen LogP contribution in [0.25, 0.3) is 22.4 Å². The molecule has 0 atom stereocenters. The Bertz CT molecular complexity index is 923. The zero-order valence-electron chi connectivity index (χ0n) is 12.0. The molecule has 0 aliphatic heterocycles. The van der Waals surface area contributed by atoms with E-state index in [-0.39, 0.29) is 11.7 Å². The van der Waals surface area contributed by atoms with Crippen molar-refractivity contribution in [1.82, 2.24) is 15.1 Å². The van der Waals surface area contributed by atoms with Gasteiger partial charge < -0.3 is 14.8 Å². The molecular weight excluding hydrogens is 292 g/mol. The number of imidazole rings is 1. The molecule has 2 aromatic heterocycles. The van der Waals surface area contributed by atoms with Crippen molar-refractivity contribution in [2.24, 2.45) is 0 Å². The Kier molecular flexibility index (Phi) is 3.12. The number of amides is 1. The number of H-pyrrole nitrogens is 1. The highest BCUT2D eigenvalue weighted by Gasteiger charge is 2.10. The van der Waals surface area contributed by atoms with Crippen LogP contribution in [-0.2, 0) is 0 Å². The highest BCUT2D eigenvalue weighted by atomic mass is 16.5. The molecule has 112 valence electrons. The van der Waals surface area contributed by atoms with Gasteiger partial charge >= 0.3 is 0 Å². The molecule has 23 heavy (non-hydrogen) atoms. The molecule has 6 nitrogen and oxygen atoms in total. The number of fused-ring (bicyclic) bond motifs is 1. The lowest BCUT2D eigenvalue weighted by atomic mass is 10.2. The van der Waals surface area contributed by atoms with E-state index in [0.717, 1.165) is 22.4 Å². The lowest BCUT2D eigenvalue weighted by molar-refractivity contribution is 0.0988. The molecule has 0 saturated heterocycles. The number of para-hydroxylation sites is 2. The zero-order valence-corrected chi connectivity index (χ0v) is 12.0. The average molecular weight is 304 g/mol. The molecule has 0 spiro atoms. The second-order valence-corrected chi connectivity index (χ2v) is 5.01. The molecule has 4 aromatic rings. The van der Waals surface area contributed by atoms with Gasteiger partial charge in [0.2, 0.25) is 5.76 Å². The van der Waals surface area contributed by atoms with Gasteiger partial charge in [-0.3, -0.25) is 4.79 Å². The Morgan fingerprint density at radius 1 is 1.04 bits per heavy atom. The van der Waals surface area contributed by atoms with Gasteiger partial charge in [0.05, 0.1) is 17.2 Å². The molecule has 0 bridgehead atoms. The molecule has 0 unspecified atom stereocenters.